The Labute approximate surface area is 267 Å². The Kier molecular flexibility index (Phi) is 9.29. The summed E-state index contributed by atoms with van der Waals surface area (Å²) < 4.78 is 8.01. The molecular weight excluding hydrogens is 576 g/mol. The minimum atomic E-state index is -0.0850. The quantitative estimate of drug-likeness (QED) is 0.287. The van der Waals surface area contributed by atoms with E-state index in [-0.39, 0.29) is 12.1 Å². The highest BCUT2D eigenvalue weighted by Crippen LogP contribution is 2.45. The average Bonchev–Trinajstić information content (AvgIpc) is 3.48. The molecule has 3 aromatic rings. The molecule has 3 saturated heterocycles. The second-order valence-corrected chi connectivity index (χ2v) is 13.6. The minimum absolute atomic E-state index is 0.0569. The highest BCUT2D eigenvalue weighted by atomic mass is 35.5. The first kappa shape index (κ1) is 30.4. The zero-order valence-electron chi connectivity index (χ0n) is 25.9. The molecule has 1 aromatic carbocycles. The Balaban J connectivity index is 1.31. The fourth-order valence-corrected chi connectivity index (χ4v) is 8.10. The van der Waals surface area contributed by atoms with Gasteiger partial charge in [-0.1, -0.05) is 31.5 Å². The topological polar surface area (TPSA) is 48.8 Å². The van der Waals surface area contributed by atoms with E-state index in [1.165, 1.54) is 23.4 Å². The number of benzene rings is 1. The summed E-state index contributed by atoms with van der Waals surface area (Å²) in [4.78, 5) is 12.0. The van der Waals surface area contributed by atoms with Gasteiger partial charge < -0.3 is 24.4 Å². The maximum atomic E-state index is 7.05. The lowest BCUT2D eigenvalue weighted by Gasteiger charge is -2.37. The van der Waals surface area contributed by atoms with Crippen molar-refractivity contribution >= 4 is 40.3 Å². The Morgan fingerprint density at radius 1 is 1.02 bits per heavy atom. The van der Waals surface area contributed by atoms with Crippen molar-refractivity contribution in [1.82, 2.24) is 19.8 Å². The number of nitrogens with one attached hydrogen (secondary N) is 1. The van der Waals surface area contributed by atoms with Crippen LogP contribution in [0, 0.1) is 25.7 Å². The van der Waals surface area contributed by atoms with Crippen LogP contribution in [0.1, 0.15) is 61.4 Å². The molecule has 3 fully saturated rings. The predicted molar refractivity (Wildman–Crippen MR) is 180 cm³/mol. The van der Waals surface area contributed by atoms with Crippen molar-refractivity contribution in [3.63, 3.8) is 0 Å². The van der Waals surface area contributed by atoms with Crippen LogP contribution in [0.4, 0.5) is 11.4 Å². The second kappa shape index (κ2) is 13.1. The first-order valence-electron chi connectivity index (χ1n) is 15.8. The fraction of sp³-hybridized carbons (Fsp3) is 0.529. The SMILES string of the molecule is Cc1cc([C@@H]2[C@H](c3ccccn3)NC(=S)N2c2ccc(N3C[C@H](C)C[C@H](C)C3)c(Cl)c2)c(C)n1CCCN1CCOCC1. The van der Waals surface area contributed by atoms with Gasteiger partial charge in [0, 0.05) is 62.5 Å². The number of aryl methyl sites for hydroxylation is 1. The lowest BCUT2D eigenvalue weighted by molar-refractivity contribution is 0.0369. The van der Waals surface area contributed by atoms with Crippen molar-refractivity contribution in [3.8, 4) is 0 Å². The normalized spacial score (nSPS) is 24.9. The summed E-state index contributed by atoms with van der Waals surface area (Å²) in [7, 11) is 0. The first-order valence-corrected chi connectivity index (χ1v) is 16.6. The molecule has 3 aliphatic heterocycles. The average molecular weight is 621 g/mol. The third kappa shape index (κ3) is 6.44. The summed E-state index contributed by atoms with van der Waals surface area (Å²) in [5.74, 6) is 1.31. The number of thiocarbonyl (C=S) groups is 1. The van der Waals surface area contributed by atoms with Crippen molar-refractivity contribution in [2.24, 2.45) is 11.8 Å². The van der Waals surface area contributed by atoms with Crippen molar-refractivity contribution in [1.29, 1.82) is 0 Å². The van der Waals surface area contributed by atoms with Crippen LogP contribution in [0.2, 0.25) is 5.02 Å². The summed E-state index contributed by atoms with van der Waals surface area (Å²) >= 11 is 13.1. The van der Waals surface area contributed by atoms with Gasteiger partial charge in [0.25, 0.3) is 0 Å². The molecule has 43 heavy (non-hydrogen) atoms. The molecule has 1 N–H and O–H groups in total. The van der Waals surface area contributed by atoms with Crippen LogP contribution in [0.15, 0.2) is 48.7 Å². The van der Waals surface area contributed by atoms with E-state index in [9.17, 15) is 0 Å². The molecule has 0 amide bonds. The minimum Gasteiger partial charge on any atom is -0.379 e. The van der Waals surface area contributed by atoms with E-state index in [2.05, 4.69) is 82.6 Å². The number of nitrogens with zero attached hydrogens (tertiary/aromatic N) is 5. The summed E-state index contributed by atoms with van der Waals surface area (Å²) in [5.41, 5.74) is 6.91. The number of morpholine rings is 1. The Morgan fingerprint density at radius 2 is 1.79 bits per heavy atom. The van der Waals surface area contributed by atoms with Crippen LogP contribution >= 0.6 is 23.8 Å². The predicted octanol–water partition coefficient (Wildman–Crippen LogP) is 6.54. The van der Waals surface area contributed by atoms with Gasteiger partial charge in [0.1, 0.15) is 0 Å². The lowest BCUT2D eigenvalue weighted by Crippen LogP contribution is -2.38. The molecule has 7 nitrogen and oxygen atoms in total. The zero-order valence-corrected chi connectivity index (χ0v) is 27.5. The van der Waals surface area contributed by atoms with E-state index in [0.717, 1.165) is 81.0 Å². The van der Waals surface area contributed by atoms with Crippen molar-refractivity contribution in [2.75, 3.05) is 55.7 Å². The lowest BCUT2D eigenvalue weighted by atomic mass is 9.91. The van der Waals surface area contributed by atoms with Gasteiger partial charge in [-0.3, -0.25) is 9.88 Å². The van der Waals surface area contributed by atoms with E-state index < -0.39 is 0 Å². The molecule has 2 aromatic heterocycles. The van der Waals surface area contributed by atoms with E-state index in [1.807, 2.05) is 18.3 Å². The molecule has 5 heterocycles. The Morgan fingerprint density at radius 3 is 2.49 bits per heavy atom. The number of pyridine rings is 1. The maximum absolute atomic E-state index is 7.05. The summed E-state index contributed by atoms with van der Waals surface area (Å²) in [6.07, 6.45) is 4.23. The number of anilines is 2. The van der Waals surface area contributed by atoms with Crippen molar-refractivity contribution in [2.45, 2.75) is 59.2 Å². The molecule has 4 atom stereocenters. The van der Waals surface area contributed by atoms with E-state index in [1.54, 1.807) is 0 Å². The van der Waals surface area contributed by atoms with Gasteiger partial charge in [-0.05, 0) is 92.7 Å². The number of halogens is 1. The number of piperidine rings is 1. The molecule has 3 aliphatic rings. The van der Waals surface area contributed by atoms with Gasteiger partial charge in [0.15, 0.2) is 5.11 Å². The molecule has 230 valence electrons. The Bertz CT molecular complexity index is 1410. The molecule has 0 spiro atoms. The molecule has 0 unspecified atom stereocenters. The molecule has 9 heteroatoms. The molecule has 0 radical (unpaired) electrons. The fourth-order valence-electron chi connectivity index (χ4n) is 7.46. The Hall–Kier alpha value is -2.65. The van der Waals surface area contributed by atoms with Crippen molar-refractivity contribution in [3.05, 3.63) is 76.3 Å². The van der Waals surface area contributed by atoms with Gasteiger partial charge in [0.05, 0.1) is 41.7 Å². The molecule has 6 rings (SSSR count). The monoisotopic (exact) mass is 620 g/mol. The standard InChI is InChI=1S/C34H45ClN6OS/c1-23-18-24(2)22-39(21-23)31-10-9-27(20-29(31)35)41-33(32(37-34(41)43)30-8-5-6-11-36-30)28-19-25(3)40(26(28)4)13-7-12-38-14-16-42-17-15-38/h5-6,8-11,19-20,23-24,32-33H,7,12-18,21-22H2,1-4H3,(H,37,43)/t23-,24+,32-,33+/m0/s1. The second-order valence-electron chi connectivity index (χ2n) is 12.8. The molecule has 0 saturated carbocycles. The smallest absolute Gasteiger partial charge is 0.174 e. The first-order chi connectivity index (χ1) is 20.8. The van der Waals surface area contributed by atoms with Crippen LogP contribution in [-0.2, 0) is 11.3 Å². The maximum Gasteiger partial charge on any atom is 0.174 e. The van der Waals surface area contributed by atoms with E-state index in [0.29, 0.717) is 16.9 Å². The van der Waals surface area contributed by atoms with Gasteiger partial charge >= 0.3 is 0 Å². The van der Waals surface area contributed by atoms with Crippen LogP contribution in [0.25, 0.3) is 0 Å². The number of aromatic nitrogens is 2. The largest absolute Gasteiger partial charge is 0.379 e. The molecule has 0 aliphatic carbocycles. The molecular formula is C34H45ClN6OS. The summed E-state index contributed by atoms with van der Waals surface area (Å²) in [6, 6.07) is 14.8. The number of hydrogen-bond donors (Lipinski definition) is 1. The van der Waals surface area contributed by atoms with Crippen molar-refractivity contribution < 1.29 is 4.74 Å². The van der Waals surface area contributed by atoms with Gasteiger partial charge in [-0.15, -0.1) is 0 Å². The van der Waals surface area contributed by atoms with Crippen LogP contribution in [0.3, 0.4) is 0 Å². The van der Waals surface area contributed by atoms with Gasteiger partial charge in [-0.25, -0.2) is 0 Å². The van der Waals surface area contributed by atoms with Crippen LogP contribution in [0.5, 0.6) is 0 Å². The van der Waals surface area contributed by atoms with Crippen LogP contribution in [-0.4, -0.2) is 65.5 Å². The van der Waals surface area contributed by atoms with E-state index in [4.69, 9.17) is 33.5 Å². The number of rotatable bonds is 8. The number of hydrogen-bond acceptors (Lipinski definition) is 5. The van der Waals surface area contributed by atoms with Gasteiger partial charge in [0.2, 0.25) is 0 Å². The summed E-state index contributed by atoms with van der Waals surface area (Å²) in [6.45, 7) is 17.0. The van der Waals surface area contributed by atoms with Crippen LogP contribution < -0.4 is 15.1 Å². The van der Waals surface area contributed by atoms with E-state index >= 15 is 0 Å². The highest BCUT2D eigenvalue weighted by Gasteiger charge is 2.42. The van der Waals surface area contributed by atoms with Gasteiger partial charge in [-0.2, -0.15) is 0 Å². The molecule has 0 bridgehead atoms. The highest BCUT2D eigenvalue weighted by molar-refractivity contribution is 7.80. The number of ether oxygens (including phenoxy) is 1. The third-order valence-corrected chi connectivity index (χ3v) is 10.0. The summed E-state index contributed by atoms with van der Waals surface area (Å²) in [5, 5.41) is 5.10. The third-order valence-electron chi connectivity index (χ3n) is 9.41. The zero-order chi connectivity index (χ0) is 30.1.